The van der Waals surface area contributed by atoms with Crippen molar-refractivity contribution in [2.75, 3.05) is 23.4 Å². The molecule has 1 aliphatic heterocycles. The molecule has 174 valence electrons. The predicted molar refractivity (Wildman–Crippen MR) is 131 cm³/mol. The molecule has 2 aromatic rings. The van der Waals surface area contributed by atoms with Crippen LogP contribution in [0.1, 0.15) is 44.2 Å². The van der Waals surface area contributed by atoms with Crippen LogP contribution in [0.15, 0.2) is 24.5 Å². The number of nitrogens with zero attached hydrogens (tertiary/aromatic N) is 2. The highest BCUT2D eigenvalue weighted by molar-refractivity contribution is 7.91. The number of sulfone groups is 1. The summed E-state index contributed by atoms with van der Waals surface area (Å²) in [7, 11) is -2.87. The largest absolute Gasteiger partial charge is 0.382 e. The van der Waals surface area contributed by atoms with Gasteiger partial charge in [-0.3, -0.25) is 4.98 Å². The Bertz CT molecular complexity index is 1040. The maximum Gasteiger partial charge on any atom is 0.152 e. The molecule has 1 saturated heterocycles. The summed E-state index contributed by atoms with van der Waals surface area (Å²) < 4.78 is 23.3. The number of nitrogens with one attached hydrogen (secondary N) is 1. The molecule has 0 unspecified atom stereocenters. The Hall–Kier alpha value is -1.41. The van der Waals surface area contributed by atoms with Gasteiger partial charge in [0.25, 0.3) is 0 Å². The van der Waals surface area contributed by atoms with Crippen LogP contribution in [-0.4, -0.2) is 42.5 Å². The highest BCUT2D eigenvalue weighted by Gasteiger charge is 2.24. The third-order valence-corrected chi connectivity index (χ3v) is 9.02. The number of aromatic nitrogens is 2. The van der Waals surface area contributed by atoms with E-state index < -0.39 is 9.84 Å². The molecule has 4 rings (SSSR count). The molecule has 32 heavy (non-hydrogen) atoms. The van der Waals surface area contributed by atoms with E-state index >= 15 is 0 Å². The zero-order valence-corrected chi connectivity index (χ0v) is 20.4. The Balaban J connectivity index is 1.46. The second kappa shape index (κ2) is 10.2. The lowest BCUT2D eigenvalue weighted by Crippen LogP contribution is -2.27. The summed E-state index contributed by atoms with van der Waals surface area (Å²) in [5.41, 5.74) is 9.56. The maximum atomic E-state index is 11.7. The maximum absolute atomic E-state index is 11.7. The number of pyridine rings is 2. The lowest BCUT2D eigenvalue weighted by atomic mass is 9.83. The van der Waals surface area contributed by atoms with Crippen molar-refractivity contribution >= 4 is 38.7 Å². The van der Waals surface area contributed by atoms with Gasteiger partial charge in [-0.1, -0.05) is 23.2 Å². The van der Waals surface area contributed by atoms with E-state index in [1.807, 2.05) is 6.07 Å². The number of nitrogens with two attached hydrogens (primary N) is 1. The minimum absolute atomic E-state index is 0.258. The molecule has 0 amide bonds. The second-order valence-electron chi connectivity index (χ2n) is 9.18. The number of anilines is 1. The van der Waals surface area contributed by atoms with Crippen molar-refractivity contribution in [1.29, 1.82) is 0 Å². The fourth-order valence-corrected chi connectivity index (χ4v) is 6.59. The molecule has 3 heterocycles. The van der Waals surface area contributed by atoms with E-state index in [0.29, 0.717) is 47.4 Å². The Morgan fingerprint density at radius 1 is 0.969 bits per heavy atom. The van der Waals surface area contributed by atoms with Crippen LogP contribution in [-0.2, 0) is 16.3 Å². The molecule has 1 aliphatic carbocycles. The Morgan fingerprint density at radius 3 is 2.41 bits per heavy atom. The highest BCUT2D eigenvalue weighted by Crippen LogP contribution is 2.33. The first kappa shape index (κ1) is 23.7. The van der Waals surface area contributed by atoms with Gasteiger partial charge in [0.1, 0.15) is 9.84 Å². The summed E-state index contributed by atoms with van der Waals surface area (Å²) >= 11 is 12.8. The predicted octanol–water partition coefficient (Wildman–Crippen LogP) is 4.75. The average Bonchev–Trinajstić information content (AvgIpc) is 2.77. The van der Waals surface area contributed by atoms with Crippen molar-refractivity contribution in [1.82, 2.24) is 9.97 Å². The summed E-state index contributed by atoms with van der Waals surface area (Å²) in [6.07, 6.45) is 10.1. The summed E-state index contributed by atoms with van der Waals surface area (Å²) in [4.78, 5) is 8.90. The lowest BCUT2D eigenvalue weighted by Gasteiger charge is -2.25. The van der Waals surface area contributed by atoms with Crippen LogP contribution >= 0.6 is 23.2 Å². The third kappa shape index (κ3) is 6.13. The minimum atomic E-state index is -2.87. The molecule has 9 heteroatoms. The standard InChI is InChI=1S/C23H30Cl2N4O2S/c24-21-14-27-19(9-15-1-3-18(26)4-2-15)11-20(21)17-10-22(23(25)29-13-17)28-12-16-5-7-32(30,31)8-6-16/h10-11,13-16,18,28H,1-9,12,26H2. The van der Waals surface area contributed by atoms with E-state index in [-0.39, 0.29) is 11.5 Å². The van der Waals surface area contributed by atoms with Gasteiger partial charge in [-0.05, 0) is 68.9 Å². The normalized spacial score (nSPS) is 23.7. The molecular weight excluding hydrogens is 467 g/mol. The first-order valence-corrected chi connectivity index (χ1v) is 13.9. The third-order valence-electron chi connectivity index (χ3n) is 6.71. The van der Waals surface area contributed by atoms with E-state index in [9.17, 15) is 8.42 Å². The van der Waals surface area contributed by atoms with Gasteiger partial charge in [0.05, 0.1) is 22.2 Å². The van der Waals surface area contributed by atoms with Crippen LogP contribution in [0.4, 0.5) is 5.69 Å². The summed E-state index contributed by atoms with van der Waals surface area (Å²) in [6, 6.07) is 4.35. The second-order valence-corrected chi connectivity index (χ2v) is 12.2. The van der Waals surface area contributed by atoms with Crippen molar-refractivity contribution in [3.63, 3.8) is 0 Å². The van der Waals surface area contributed by atoms with Crippen molar-refractivity contribution in [3.05, 3.63) is 40.4 Å². The number of hydrogen-bond acceptors (Lipinski definition) is 6. The highest BCUT2D eigenvalue weighted by atomic mass is 35.5. The van der Waals surface area contributed by atoms with Crippen LogP contribution in [0.3, 0.4) is 0 Å². The van der Waals surface area contributed by atoms with Crippen molar-refractivity contribution in [3.8, 4) is 11.1 Å². The first-order chi connectivity index (χ1) is 15.3. The molecule has 0 bridgehead atoms. The molecule has 0 atom stereocenters. The molecule has 3 N–H and O–H groups in total. The monoisotopic (exact) mass is 496 g/mol. The molecule has 2 aromatic heterocycles. The van der Waals surface area contributed by atoms with Crippen LogP contribution in [0.5, 0.6) is 0 Å². The number of hydrogen-bond donors (Lipinski definition) is 2. The summed E-state index contributed by atoms with van der Waals surface area (Å²) in [5, 5.41) is 4.33. The molecule has 0 spiro atoms. The molecule has 1 saturated carbocycles. The Kier molecular flexibility index (Phi) is 7.60. The SMILES string of the molecule is NC1CCC(Cc2cc(-c3cnc(Cl)c(NCC4CCS(=O)(=O)CC4)c3)c(Cl)cn2)CC1. The van der Waals surface area contributed by atoms with E-state index in [2.05, 4.69) is 21.4 Å². The van der Waals surface area contributed by atoms with Crippen LogP contribution < -0.4 is 11.1 Å². The quantitative estimate of drug-likeness (QED) is 0.559. The molecule has 2 fully saturated rings. The lowest BCUT2D eigenvalue weighted by molar-refractivity contribution is 0.323. The summed E-state index contributed by atoms with van der Waals surface area (Å²) in [6.45, 7) is 0.666. The summed E-state index contributed by atoms with van der Waals surface area (Å²) in [5.74, 6) is 1.43. The van der Waals surface area contributed by atoms with E-state index in [0.717, 1.165) is 54.6 Å². The van der Waals surface area contributed by atoms with Gasteiger partial charge in [0, 0.05) is 41.8 Å². The molecule has 0 aromatic carbocycles. The van der Waals surface area contributed by atoms with E-state index in [1.165, 1.54) is 0 Å². The topological polar surface area (TPSA) is 98.0 Å². The van der Waals surface area contributed by atoms with Gasteiger partial charge in [-0.2, -0.15) is 0 Å². The zero-order valence-electron chi connectivity index (χ0n) is 18.1. The van der Waals surface area contributed by atoms with Crippen molar-refractivity contribution < 1.29 is 8.42 Å². The van der Waals surface area contributed by atoms with Crippen molar-refractivity contribution in [2.24, 2.45) is 17.6 Å². The van der Waals surface area contributed by atoms with Gasteiger partial charge in [0.15, 0.2) is 5.15 Å². The van der Waals surface area contributed by atoms with Gasteiger partial charge in [0.2, 0.25) is 0 Å². The van der Waals surface area contributed by atoms with Gasteiger partial charge >= 0.3 is 0 Å². The number of rotatable bonds is 6. The zero-order chi connectivity index (χ0) is 22.7. The fourth-order valence-electron chi connectivity index (χ4n) is 4.62. The Labute approximate surface area is 200 Å². The molecule has 0 radical (unpaired) electrons. The van der Waals surface area contributed by atoms with Gasteiger partial charge < -0.3 is 11.1 Å². The number of halogens is 2. The van der Waals surface area contributed by atoms with Gasteiger partial charge in [-0.15, -0.1) is 0 Å². The smallest absolute Gasteiger partial charge is 0.152 e. The molecule has 2 aliphatic rings. The molecule has 6 nitrogen and oxygen atoms in total. The average molecular weight is 497 g/mol. The van der Waals surface area contributed by atoms with Crippen LogP contribution in [0, 0.1) is 11.8 Å². The van der Waals surface area contributed by atoms with Crippen LogP contribution in [0.25, 0.3) is 11.1 Å². The minimum Gasteiger partial charge on any atom is -0.382 e. The van der Waals surface area contributed by atoms with Gasteiger partial charge in [-0.25, -0.2) is 13.4 Å². The fraction of sp³-hybridized carbons (Fsp3) is 0.565. The Morgan fingerprint density at radius 2 is 1.69 bits per heavy atom. The first-order valence-electron chi connectivity index (χ1n) is 11.3. The van der Waals surface area contributed by atoms with Crippen LogP contribution in [0.2, 0.25) is 10.2 Å². The molecular formula is C23H30Cl2N4O2S. The van der Waals surface area contributed by atoms with E-state index in [1.54, 1.807) is 12.4 Å². The van der Waals surface area contributed by atoms with Crippen molar-refractivity contribution in [2.45, 2.75) is 51.0 Å². The van der Waals surface area contributed by atoms with E-state index in [4.69, 9.17) is 28.9 Å².